The van der Waals surface area contributed by atoms with E-state index in [-0.39, 0.29) is 5.69 Å². The van der Waals surface area contributed by atoms with Crippen molar-refractivity contribution >= 4 is 11.6 Å². The van der Waals surface area contributed by atoms with E-state index in [1.807, 2.05) is 30.5 Å². The second-order valence-electron chi connectivity index (χ2n) is 4.77. The van der Waals surface area contributed by atoms with E-state index in [1.54, 1.807) is 29.1 Å². The quantitative estimate of drug-likeness (QED) is 0.589. The minimum absolute atomic E-state index is 0.0555. The Kier molecular flexibility index (Phi) is 3.82. The van der Waals surface area contributed by atoms with Gasteiger partial charge in [0.15, 0.2) is 6.20 Å². The minimum atomic E-state index is -0.438. The van der Waals surface area contributed by atoms with Crippen molar-refractivity contribution in [2.75, 3.05) is 5.32 Å². The summed E-state index contributed by atoms with van der Waals surface area (Å²) in [6.45, 7) is 0.615. The molecule has 0 aliphatic rings. The summed E-state index contributed by atoms with van der Waals surface area (Å²) >= 11 is 0. The molecule has 110 valence electrons. The van der Waals surface area contributed by atoms with Crippen molar-refractivity contribution in [3.63, 3.8) is 0 Å². The van der Waals surface area contributed by atoms with Crippen molar-refractivity contribution in [2.45, 2.75) is 6.54 Å². The fourth-order valence-corrected chi connectivity index (χ4v) is 2.13. The molecule has 0 spiro atoms. The molecule has 1 aromatic carbocycles. The third-order valence-corrected chi connectivity index (χ3v) is 3.15. The van der Waals surface area contributed by atoms with Crippen LogP contribution in [0.5, 0.6) is 0 Å². The van der Waals surface area contributed by atoms with Crippen LogP contribution in [0, 0.1) is 5.21 Å². The Morgan fingerprint density at radius 3 is 2.91 bits per heavy atom. The zero-order chi connectivity index (χ0) is 15.4. The lowest BCUT2D eigenvalue weighted by molar-refractivity contribution is -0.607. The first kappa shape index (κ1) is 13.8. The van der Waals surface area contributed by atoms with Gasteiger partial charge in [-0.1, -0.05) is 12.1 Å². The molecule has 2 aromatic heterocycles. The van der Waals surface area contributed by atoms with Crippen LogP contribution in [0.2, 0.25) is 0 Å². The van der Waals surface area contributed by atoms with Crippen molar-refractivity contribution in [2.24, 2.45) is 0 Å². The maximum absolute atomic E-state index is 12.1. The Hall–Kier alpha value is -3.15. The summed E-state index contributed by atoms with van der Waals surface area (Å²) in [5, 5.41) is 18.4. The summed E-state index contributed by atoms with van der Waals surface area (Å²) in [5.74, 6) is -0.438. The molecule has 3 aromatic rings. The number of carbonyl (C=O) groups excluding carboxylic acids is 1. The Labute approximate surface area is 127 Å². The number of carbonyl (C=O) groups is 1. The molecule has 0 saturated heterocycles. The van der Waals surface area contributed by atoms with Crippen molar-refractivity contribution in [3.8, 4) is 0 Å². The van der Waals surface area contributed by atoms with Gasteiger partial charge >= 0.3 is 5.91 Å². The Bertz CT molecular complexity index is 784. The molecule has 6 nitrogen and oxygen atoms in total. The molecule has 1 N–H and O–H groups in total. The number of nitrogens with zero attached hydrogens (tertiary/aromatic N) is 3. The van der Waals surface area contributed by atoms with E-state index in [4.69, 9.17) is 0 Å². The molecule has 0 radical (unpaired) electrons. The van der Waals surface area contributed by atoms with Crippen molar-refractivity contribution in [1.82, 2.24) is 9.78 Å². The standard InChI is InChI=1S/C16H14N4O2/c21-16(15-7-1-2-10-20(15)22)18-14-6-3-5-13(11-14)12-19-9-4-8-17-19/h1-11H,12H2,(H,18,21). The zero-order valence-corrected chi connectivity index (χ0v) is 11.7. The number of aromatic nitrogens is 3. The molecule has 6 heteroatoms. The number of rotatable bonds is 4. The number of pyridine rings is 1. The predicted molar refractivity (Wildman–Crippen MR) is 81.1 cm³/mol. The Morgan fingerprint density at radius 2 is 2.14 bits per heavy atom. The number of anilines is 1. The molecular formula is C16H14N4O2. The lowest BCUT2D eigenvalue weighted by atomic mass is 10.2. The highest BCUT2D eigenvalue weighted by molar-refractivity contribution is 6.01. The number of hydrogen-bond acceptors (Lipinski definition) is 3. The fraction of sp³-hybridized carbons (Fsp3) is 0.0625. The van der Waals surface area contributed by atoms with E-state index in [2.05, 4.69) is 10.4 Å². The summed E-state index contributed by atoms with van der Waals surface area (Å²) in [4.78, 5) is 12.1. The first-order chi connectivity index (χ1) is 10.7. The molecular weight excluding hydrogens is 280 g/mol. The molecule has 0 aliphatic heterocycles. The van der Waals surface area contributed by atoms with E-state index in [9.17, 15) is 10.0 Å². The number of benzene rings is 1. The summed E-state index contributed by atoms with van der Waals surface area (Å²) in [6.07, 6.45) is 4.88. The summed E-state index contributed by atoms with van der Waals surface area (Å²) in [7, 11) is 0. The summed E-state index contributed by atoms with van der Waals surface area (Å²) in [6, 6.07) is 14.0. The first-order valence-corrected chi connectivity index (χ1v) is 6.78. The van der Waals surface area contributed by atoms with Crippen LogP contribution in [-0.4, -0.2) is 15.7 Å². The van der Waals surface area contributed by atoms with Gasteiger partial charge in [0.05, 0.1) is 6.54 Å². The smallest absolute Gasteiger partial charge is 0.321 e. The molecule has 2 heterocycles. The summed E-state index contributed by atoms with van der Waals surface area (Å²) < 4.78 is 2.34. The number of hydrogen-bond donors (Lipinski definition) is 1. The van der Waals surface area contributed by atoms with Gasteiger partial charge in [0.25, 0.3) is 5.69 Å². The van der Waals surface area contributed by atoms with Crippen LogP contribution in [0.15, 0.2) is 67.1 Å². The van der Waals surface area contributed by atoms with Gasteiger partial charge in [-0.15, -0.1) is 0 Å². The highest BCUT2D eigenvalue weighted by atomic mass is 16.5. The van der Waals surface area contributed by atoms with Crippen LogP contribution in [-0.2, 0) is 6.54 Å². The SMILES string of the molecule is O=C(Nc1cccc(Cn2cccn2)c1)c1cccc[n+]1[O-]. The highest BCUT2D eigenvalue weighted by Gasteiger charge is 2.15. The summed E-state index contributed by atoms with van der Waals surface area (Å²) in [5.41, 5.74) is 1.70. The first-order valence-electron chi connectivity index (χ1n) is 6.78. The van der Waals surface area contributed by atoms with Crippen molar-refractivity contribution in [3.05, 3.63) is 83.6 Å². The van der Waals surface area contributed by atoms with Crippen LogP contribution < -0.4 is 10.0 Å². The van der Waals surface area contributed by atoms with Gasteiger partial charge in [0.2, 0.25) is 0 Å². The van der Waals surface area contributed by atoms with Gasteiger partial charge < -0.3 is 10.5 Å². The van der Waals surface area contributed by atoms with Crippen molar-refractivity contribution in [1.29, 1.82) is 0 Å². The third-order valence-electron chi connectivity index (χ3n) is 3.15. The zero-order valence-electron chi connectivity index (χ0n) is 11.7. The fourth-order valence-electron chi connectivity index (χ4n) is 2.13. The van der Waals surface area contributed by atoms with Crippen LogP contribution in [0.1, 0.15) is 16.1 Å². The second-order valence-corrected chi connectivity index (χ2v) is 4.77. The van der Waals surface area contributed by atoms with E-state index >= 15 is 0 Å². The van der Waals surface area contributed by atoms with E-state index < -0.39 is 5.91 Å². The van der Waals surface area contributed by atoms with E-state index in [0.717, 1.165) is 5.56 Å². The molecule has 0 bridgehead atoms. The van der Waals surface area contributed by atoms with Crippen LogP contribution >= 0.6 is 0 Å². The monoisotopic (exact) mass is 294 g/mol. The second kappa shape index (κ2) is 6.09. The van der Waals surface area contributed by atoms with Gasteiger partial charge in [-0.05, 0) is 29.8 Å². The normalized spacial score (nSPS) is 10.4. The minimum Gasteiger partial charge on any atom is -0.618 e. The lowest BCUT2D eigenvalue weighted by Gasteiger charge is -2.08. The molecule has 0 fully saturated rings. The average Bonchev–Trinajstić information content (AvgIpc) is 3.01. The van der Waals surface area contributed by atoms with Gasteiger partial charge in [-0.25, -0.2) is 0 Å². The largest absolute Gasteiger partial charge is 0.618 e. The molecule has 3 rings (SSSR count). The number of amides is 1. The molecule has 1 amide bonds. The molecule has 0 aliphatic carbocycles. The van der Waals surface area contributed by atoms with E-state index in [0.29, 0.717) is 17.0 Å². The maximum Gasteiger partial charge on any atom is 0.321 e. The van der Waals surface area contributed by atoms with Crippen molar-refractivity contribution < 1.29 is 9.52 Å². The van der Waals surface area contributed by atoms with Gasteiger partial charge in [0.1, 0.15) is 0 Å². The Balaban J connectivity index is 1.75. The molecule has 0 atom stereocenters. The maximum atomic E-state index is 12.1. The predicted octanol–water partition coefficient (Wildman–Crippen LogP) is 1.82. The highest BCUT2D eigenvalue weighted by Crippen LogP contribution is 2.12. The van der Waals surface area contributed by atoms with Crippen LogP contribution in [0.4, 0.5) is 5.69 Å². The van der Waals surface area contributed by atoms with Gasteiger partial charge in [-0.2, -0.15) is 9.83 Å². The third kappa shape index (κ3) is 3.12. The molecule has 0 saturated carbocycles. The van der Waals surface area contributed by atoms with Gasteiger partial charge in [-0.3, -0.25) is 9.48 Å². The van der Waals surface area contributed by atoms with Gasteiger partial charge in [0, 0.05) is 30.2 Å². The van der Waals surface area contributed by atoms with E-state index in [1.165, 1.54) is 12.3 Å². The topological polar surface area (TPSA) is 73.9 Å². The van der Waals surface area contributed by atoms with Crippen LogP contribution in [0.25, 0.3) is 0 Å². The lowest BCUT2D eigenvalue weighted by Crippen LogP contribution is -2.36. The number of nitrogens with one attached hydrogen (secondary N) is 1. The molecule has 0 unspecified atom stereocenters. The Morgan fingerprint density at radius 1 is 1.23 bits per heavy atom. The molecule has 22 heavy (non-hydrogen) atoms. The average molecular weight is 294 g/mol. The van der Waals surface area contributed by atoms with Crippen LogP contribution in [0.3, 0.4) is 0 Å².